The molecule has 1 unspecified atom stereocenters. The Morgan fingerprint density at radius 3 is 2.72 bits per heavy atom. The fourth-order valence-electron chi connectivity index (χ4n) is 1.43. The highest BCUT2D eigenvalue weighted by molar-refractivity contribution is 5.85. The Labute approximate surface area is 101 Å². The third kappa shape index (κ3) is 4.06. The Morgan fingerprint density at radius 2 is 2.17 bits per heavy atom. The van der Waals surface area contributed by atoms with Crippen LogP contribution in [0.5, 0.6) is 0 Å². The van der Waals surface area contributed by atoms with Gasteiger partial charge in [0.1, 0.15) is 6.04 Å². The SMILES string of the molecule is CNC(=O)C1COCCN1C(=O)OCC(F)(F)F. The molecule has 1 N–H and O–H groups in total. The molecule has 18 heavy (non-hydrogen) atoms. The van der Waals surface area contributed by atoms with Crippen molar-refractivity contribution in [2.75, 3.05) is 33.4 Å². The first-order valence-electron chi connectivity index (χ1n) is 5.14. The standard InChI is InChI=1S/C9H13F3N2O4/c1-13-7(15)6-4-17-3-2-14(6)8(16)18-5-9(10,11)12/h6H,2-5H2,1H3,(H,13,15). The average molecular weight is 270 g/mol. The fraction of sp³-hybridized carbons (Fsp3) is 0.778. The van der Waals surface area contributed by atoms with Crippen molar-refractivity contribution >= 4 is 12.0 Å². The van der Waals surface area contributed by atoms with Gasteiger partial charge in [0.05, 0.1) is 13.2 Å². The number of ether oxygens (including phenoxy) is 2. The molecule has 104 valence electrons. The second kappa shape index (κ2) is 5.89. The van der Waals surface area contributed by atoms with E-state index >= 15 is 0 Å². The van der Waals surface area contributed by atoms with Gasteiger partial charge in [-0.1, -0.05) is 0 Å². The zero-order chi connectivity index (χ0) is 13.8. The summed E-state index contributed by atoms with van der Waals surface area (Å²) < 4.78 is 44.8. The minimum Gasteiger partial charge on any atom is -0.440 e. The molecule has 2 amide bonds. The molecule has 1 rings (SSSR count). The number of alkyl halides is 3. The van der Waals surface area contributed by atoms with Gasteiger partial charge in [0.25, 0.3) is 0 Å². The van der Waals surface area contributed by atoms with E-state index < -0.39 is 30.8 Å². The molecule has 0 aromatic rings. The third-order valence-electron chi connectivity index (χ3n) is 2.27. The van der Waals surface area contributed by atoms with Crippen molar-refractivity contribution in [3.05, 3.63) is 0 Å². The number of hydrogen-bond donors (Lipinski definition) is 1. The van der Waals surface area contributed by atoms with Crippen molar-refractivity contribution in [1.82, 2.24) is 10.2 Å². The first-order chi connectivity index (χ1) is 8.35. The van der Waals surface area contributed by atoms with Gasteiger partial charge >= 0.3 is 12.3 Å². The number of nitrogens with zero attached hydrogens (tertiary/aromatic N) is 1. The Hall–Kier alpha value is -1.51. The first kappa shape index (κ1) is 14.6. The molecule has 6 nitrogen and oxygen atoms in total. The van der Waals surface area contributed by atoms with Crippen LogP contribution in [0.1, 0.15) is 0 Å². The number of likely N-dealkylation sites (N-methyl/N-ethyl adjacent to an activating group) is 1. The Kier molecular flexibility index (Phi) is 4.76. The molecule has 0 aliphatic carbocycles. The zero-order valence-electron chi connectivity index (χ0n) is 9.62. The molecule has 9 heteroatoms. The van der Waals surface area contributed by atoms with Gasteiger partial charge in [-0.3, -0.25) is 9.69 Å². The Morgan fingerprint density at radius 1 is 1.50 bits per heavy atom. The second-order valence-electron chi connectivity index (χ2n) is 3.57. The summed E-state index contributed by atoms with van der Waals surface area (Å²) in [5.41, 5.74) is 0. The topological polar surface area (TPSA) is 67.9 Å². The minimum absolute atomic E-state index is 0.00871. The number of carbonyl (C=O) groups excluding carboxylic acids is 2. The molecule has 1 heterocycles. The van der Waals surface area contributed by atoms with Crippen LogP contribution in [0.4, 0.5) is 18.0 Å². The fourth-order valence-corrected chi connectivity index (χ4v) is 1.43. The summed E-state index contributed by atoms with van der Waals surface area (Å²) >= 11 is 0. The summed E-state index contributed by atoms with van der Waals surface area (Å²) in [5.74, 6) is -0.515. The van der Waals surface area contributed by atoms with Crippen LogP contribution in [-0.2, 0) is 14.3 Å². The van der Waals surface area contributed by atoms with Crippen LogP contribution in [0.2, 0.25) is 0 Å². The van der Waals surface area contributed by atoms with Crippen molar-refractivity contribution < 1.29 is 32.2 Å². The largest absolute Gasteiger partial charge is 0.440 e. The molecule has 0 bridgehead atoms. The van der Waals surface area contributed by atoms with Crippen molar-refractivity contribution in [1.29, 1.82) is 0 Å². The lowest BCUT2D eigenvalue weighted by Crippen LogP contribution is -2.55. The summed E-state index contributed by atoms with van der Waals surface area (Å²) in [6, 6.07) is -0.968. The van der Waals surface area contributed by atoms with Gasteiger partial charge in [-0.05, 0) is 0 Å². The van der Waals surface area contributed by atoms with Crippen LogP contribution < -0.4 is 5.32 Å². The normalized spacial score (nSPS) is 20.4. The summed E-state index contributed by atoms with van der Waals surface area (Å²) in [6.07, 6.45) is -5.77. The highest BCUT2D eigenvalue weighted by Crippen LogP contribution is 2.16. The number of rotatable bonds is 2. The van der Waals surface area contributed by atoms with Crippen LogP contribution in [0, 0.1) is 0 Å². The van der Waals surface area contributed by atoms with Gasteiger partial charge < -0.3 is 14.8 Å². The summed E-state index contributed by atoms with van der Waals surface area (Å²) in [6.45, 7) is -1.59. The second-order valence-corrected chi connectivity index (χ2v) is 3.57. The summed E-state index contributed by atoms with van der Waals surface area (Å²) in [5, 5.41) is 2.30. The van der Waals surface area contributed by atoms with E-state index in [2.05, 4.69) is 10.1 Å². The molecule has 0 saturated carbocycles. The van der Waals surface area contributed by atoms with Crippen molar-refractivity contribution in [2.24, 2.45) is 0 Å². The minimum atomic E-state index is -4.59. The van der Waals surface area contributed by atoms with Crippen LogP contribution in [0.15, 0.2) is 0 Å². The third-order valence-corrected chi connectivity index (χ3v) is 2.27. The van der Waals surface area contributed by atoms with Crippen LogP contribution >= 0.6 is 0 Å². The van der Waals surface area contributed by atoms with Gasteiger partial charge in [-0.25, -0.2) is 4.79 Å². The number of morpholine rings is 1. The number of carbonyl (C=O) groups is 2. The summed E-state index contributed by atoms with van der Waals surface area (Å²) in [7, 11) is 1.36. The molecule has 1 aliphatic heterocycles. The smallest absolute Gasteiger partial charge is 0.422 e. The molecule has 0 radical (unpaired) electrons. The van der Waals surface area contributed by atoms with Gasteiger partial charge in [-0.2, -0.15) is 13.2 Å². The van der Waals surface area contributed by atoms with Gasteiger partial charge in [0.15, 0.2) is 6.61 Å². The Balaban J connectivity index is 2.60. The van der Waals surface area contributed by atoms with Crippen molar-refractivity contribution in [3.8, 4) is 0 Å². The lowest BCUT2D eigenvalue weighted by atomic mass is 10.2. The first-order valence-corrected chi connectivity index (χ1v) is 5.14. The predicted octanol–water partition coefficient (Wildman–Crippen LogP) is 0.132. The molecule has 1 atom stereocenters. The van der Waals surface area contributed by atoms with Crippen LogP contribution in [0.25, 0.3) is 0 Å². The zero-order valence-corrected chi connectivity index (χ0v) is 9.62. The van der Waals surface area contributed by atoms with E-state index in [1.54, 1.807) is 0 Å². The van der Waals surface area contributed by atoms with E-state index in [1.165, 1.54) is 7.05 Å². The van der Waals surface area contributed by atoms with Gasteiger partial charge in [0, 0.05) is 13.6 Å². The Bertz CT molecular complexity index is 321. The van der Waals surface area contributed by atoms with E-state index in [-0.39, 0.29) is 19.8 Å². The average Bonchev–Trinajstić information content (AvgIpc) is 2.34. The number of halogens is 3. The van der Waals surface area contributed by atoms with Crippen molar-refractivity contribution in [2.45, 2.75) is 12.2 Å². The van der Waals surface area contributed by atoms with Crippen molar-refractivity contribution in [3.63, 3.8) is 0 Å². The van der Waals surface area contributed by atoms with Gasteiger partial charge in [-0.15, -0.1) is 0 Å². The monoisotopic (exact) mass is 270 g/mol. The number of nitrogens with one attached hydrogen (secondary N) is 1. The molecular formula is C9H13F3N2O4. The van der Waals surface area contributed by atoms with Gasteiger partial charge in [0.2, 0.25) is 5.91 Å². The van der Waals surface area contributed by atoms with E-state index in [9.17, 15) is 22.8 Å². The molecule has 1 saturated heterocycles. The molecule has 1 fully saturated rings. The van der Waals surface area contributed by atoms with E-state index in [0.29, 0.717) is 0 Å². The molecule has 0 aromatic heterocycles. The predicted molar refractivity (Wildman–Crippen MR) is 52.8 cm³/mol. The maximum atomic E-state index is 11.9. The lowest BCUT2D eigenvalue weighted by Gasteiger charge is -2.33. The lowest BCUT2D eigenvalue weighted by molar-refractivity contribution is -0.164. The molecule has 0 aromatic carbocycles. The quantitative estimate of drug-likeness (QED) is 0.774. The molecule has 1 aliphatic rings. The highest BCUT2D eigenvalue weighted by Gasteiger charge is 2.36. The number of amides is 2. The van der Waals surface area contributed by atoms with Crippen LogP contribution in [-0.4, -0.2) is 62.5 Å². The maximum absolute atomic E-state index is 11.9. The van der Waals surface area contributed by atoms with Crippen LogP contribution in [0.3, 0.4) is 0 Å². The maximum Gasteiger partial charge on any atom is 0.422 e. The molecular weight excluding hydrogens is 257 g/mol. The molecule has 0 spiro atoms. The van der Waals surface area contributed by atoms with E-state index in [0.717, 1.165) is 4.90 Å². The van der Waals surface area contributed by atoms with E-state index in [4.69, 9.17) is 4.74 Å². The highest BCUT2D eigenvalue weighted by atomic mass is 19.4. The van der Waals surface area contributed by atoms with E-state index in [1.807, 2.05) is 0 Å². The number of hydrogen-bond acceptors (Lipinski definition) is 4. The summed E-state index contributed by atoms with van der Waals surface area (Å²) in [4.78, 5) is 23.8.